The molecule has 20 heavy (non-hydrogen) atoms. The van der Waals surface area contributed by atoms with Crippen molar-refractivity contribution in [1.29, 1.82) is 0 Å². The van der Waals surface area contributed by atoms with Gasteiger partial charge in [-0.05, 0) is 43.9 Å². The van der Waals surface area contributed by atoms with E-state index in [1.54, 1.807) is 0 Å². The summed E-state index contributed by atoms with van der Waals surface area (Å²) in [6, 6.07) is 2.51. The van der Waals surface area contributed by atoms with Crippen molar-refractivity contribution < 1.29 is 13.6 Å². The number of rotatable bonds is 3. The van der Waals surface area contributed by atoms with E-state index in [0.717, 1.165) is 31.7 Å². The van der Waals surface area contributed by atoms with Crippen molar-refractivity contribution in [2.75, 3.05) is 11.9 Å². The lowest BCUT2D eigenvalue weighted by molar-refractivity contribution is -0.122. The first-order chi connectivity index (χ1) is 9.54. The number of halogens is 2. The molecule has 1 aliphatic carbocycles. The van der Waals surface area contributed by atoms with Crippen molar-refractivity contribution in [3.63, 3.8) is 0 Å². The SMILES string of the molecule is Cc1ccc(F)c(NC(=O)C2CCCCC2CN)c1F. The van der Waals surface area contributed by atoms with E-state index in [2.05, 4.69) is 5.32 Å². The van der Waals surface area contributed by atoms with Gasteiger partial charge in [0.05, 0.1) is 0 Å². The standard InChI is InChI=1S/C15H20F2N2O/c1-9-6-7-12(16)14(13(9)17)19-15(20)11-5-3-2-4-10(11)8-18/h6-7,10-11H,2-5,8,18H2,1H3,(H,19,20). The Kier molecular flexibility index (Phi) is 4.70. The Morgan fingerprint density at radius 1 is 1.35 bits per heavy atom. The molecule has 3 nitrogen and oxygen atoms in total. The number of benzene rings is 1. The molecule has 2 unspecified atom stereocenters. The number of aryl methyl sites for hydroxylation is 1. The van der Waals surface area contributed by atoms with Gasteiger partial charge in [-0.25, -0.2) is 8.78 Å². The van der Waals surface area contributed by atoms with Crippen molar-refractivity contribution in [1.82, 2.24) is 0 Å². The summed E-state index contributed by atoms with van der Waals surface area (Å²) < 4.78 is 27.5. The highest BCUT2D eigenvalue weighted by atomic mass is 19.1. The zero-order chi connectivity index (χ0) is 14.7. The molecule has 110 valence electrons. The third-order valence-electron chi connectivity index (χ3n) is 4.08. The van der Waals surface area contributed by atoms with E-state index < -0.39 is 11.6 Å². The number of hydrogen-bond donors (Lipinski definition) is 2. The number of nitrogens with one attached hydrogen (secondary N) is 1. The maximum absolute atomic E-state index is 13.9. The van der Waals surface area contributed by atoms with Crippen LogP contribution in [0, 0.1) is 30.4 Å². The normalized spacial score (nSPS) is 22.6. The summed E-state index contributed by atoms with van der Waals surface area (Å²) in [5, 5.41) is 2.41. The minimum absolute atomic E-state index is 0.0969. The molecule has 0 bridgehead atoms. The zero-order valence-electron chi connectivity index (χ0n) is 11.6. The first-order valence-electron chi connectivity index (χ1n) is 7.00. The fourth-order valence-electron chi connectivity index (χ4n) is 2.82. The molecule has 1 aromatic carbocycles. The summed E-state index contributed by atoms with van der Waals surface area (Å²) in [5.74, 6) is -1.95. The molecule has 2 rings (SSSR count). The van der Waals surface area contributed by atoms with Crippen molar-refractivity contribution in [2.45, 2.75) is 32.6 Å². The topological polar surface area (TPSA) is 55.1 Å². The first kappa shape index (κ1) is 14.9. The Morgan fingerprint density at radius 3 is 2.75 bits per heavy atom. The van der Waals surface area contributed by atoms with Crippen LogP contribution in [0.15, 0.2) is 12.1 Å². The average molecular weight is 282 g/mol. The highest BCUT2D eigenvalue weighted by Crippen LogP contribution is 2.31. The maximum atomic E-state index is 13.9. The average Bonchev–Trinajstić information content (AvgIpc) is 2.47. The zero-order valence-corrected chi connectivity index (χ0v) is 11.6. The molecule has 5 heteroatoms. The van der Waals surface area contributed by atoms with Crippen molar-refractivity contribution in [3.8, 4) is 0 Å². The van der Waals surface area contributed by atoms with Crippen LogP contribution in [0.25, 0.3) is 0 Å². The predicted molar refractivity (Wildman–Crippen MR) is 74.2 cm³/mol. The summed E-state index contributed by atoms with van der Waals surface area (Å²) >= 11 is 0. The molecular weight excluding hydrogens is 262 g/mol. The van der Waals surface area contributed by atoms with Crippen LogP contribution in [0.5, 0.6) is 0 Å². The predicted octanol–water partition coefficient (Wildman–Crippen LogP) is 2.98. The molecule has 1 amide bonds. The van der Waals surface area contributed by atoms with Gasteiger partial charge in [0.1, 0.15) is 11.5 Å². The molecule has 3 N–H and O–H groups in total. The Bertz CT molecular complexity index is 505. The van der Waals surface area contributed by atoms with Crippen molar-refractivity contribution in [2.24, 2.45) is 17.6 Å². The second-order valence-corrected chi connectivity index (χ2v) is 5.43. The van der Waals surface area contributed by atoms with Gasteiger partial charge in [0.2, 0.25) is 5.91 Å². The van der Waals surface area contributed by atoms with Gasteiger partial charge in [-0.1, -0.05) is 18.9 Å². The van der Waals surface area contributed by atoms with Crippen LogP contribution in [-0.4, -0.2) is 12.5 Å². The second kappa shape index (κ2) is 6.31. The summed E-state index contributed by atoms with van der Waals surface area (Å²) in [5.41, 5.74) is 5.64. The third-order valence-corrected chi connectivity index (χ3v) is 4.08. The molecule has 1 fully saturated rings. The Labute approximate surface area is 117 Å². The number of amides is 1. The lowest BCUT2D eigenvalue weighted by Crippen LogP contribution is -2.36. The third kappa shape index (κ3) is 2.98. The fraction of sp³-hybridized carbons (Fsp3) is 0.533. The number of carbonyl (C=O) groups is 1. The van der Waals surface area contributed by atoms with Crippen LogP contribution in [0.1, 0.15) is 31.2 Å². The Balaban J connectivity index is 2.17. The molecule has 0 radical (unpaired) electrons. The first-order valence-corrected chi connectivity index (χ1v) is 7.00. The van der Waals surface area contributed by atoms with Gasteiger partial charge in [0.15, 0.2) is 5.82 Å². The minimum Gasteiger partial charge on any atom is -0.330 e. The van der Waals surface area contributed by atoms with Gasteiger partial charge in [-0.3, -0.25) is 4.79 Å². The summed E-state index contributed by atoms with van der Waals surface area (Å²) in [7, 11) is 0. The van der Waals surface area contributed by atoms with Crippen LogP contribution < -0.4 is 11.1 Å². The lowest BCUT2D eigenvalue weighted by atomic mass is 9.78. The Hall–Kier alpha value is -1.49. The smallest absolute Gasteiger partial charge is 0.227 e. The molecular formula is C15H20F2N2O. The van der Waals surface area contributed by atoms with E-state index in [4.69, 9.17) is 5.73 Å². The molecule has 0 aliphatic heterocycles. The van der Waals surface area contributed by atoms with Gasteiger partial charge < -0.3 is 11.1 Å². The van der Waals surface area contributed by atoms with E-state index in [9.17, 15) is 13.6 Å². The second-order valence-electron chi connectivity index (χ2n) is 5.43. The summed E-state index contributed by atoms with van der Waals surface area (Å²) in [6.45, 7) is 1.96. The van der Waals surface area contributed by atoms with E-state index in [1.165, 1.54) is 13.0 Å². The van der Waals surface area contributed by atoms with Gasteiger partial charge in [-0.2, -0.15) is 0 Å². The van der Waals surface area contributed by atoms with Crippen LogP contribution in [0.3, 0.4) is 0 Å². The number of carbonyl (C=O) groups excluding carboxylic acids is 1. The molecule has 0 spiro atoms. The van der Waals surface area contributed by atoms with Gasteiger partial charge >= 0.3 is 0 Å². The molecule has 1 aromatic rings. The molecule has 0 heterocycles. The molecule has 2 atom stereocenters. The number of anilines is 1. The summed E-state index contributed by atoms with van der Waals surface area (Å²) in [6.07, 6.45) is 3.63. The van der Waals surface area contributed by atoms with E-state index >= 15 is 0 Å². The van der Waals surface area contributed by atoms with Gasteiger partial charge in [0.25, 0.3) is 0 Å². The van der Waals surface area contributed by atoms with Crippen molar-refractivity contribution >= 4 is 11.6 Å². The largest absolute Gasteiger partial charge is 0.330 e. The minimum atomic E-state index is -0.749. The molecule has 0 aromatic heterocycles. The van der Waals surface area contributed by atoms with Crippen LogP contribution in [-0.2, 0) is 4.79 Å². The molecule has 1 aliphatic rings. The number of hydrogen-bond acceptors (Lipinski definition) is 2. The lowest BCUT2D eigenvalue weighted by Gasteiger charge is -2.29. The molecule has 0 saturated heterocycles. The monoisotopic (exact) mass is 282 g/mol. The van der Waals surface area contributed by atoms with E-state index in [-0.39, 0.29) is 23.4 Å². The highest BCUT2D eigenvalue weighted by Gasteiger charge is 2.30. The van der Waals surface area contributed by atoms with Gasteiger partial charge in [-0.15, -0.1) is 0 Å². The van der Waals surface area contributed by atoms with Crippen LogP contribution in [0.4, 0.5) is 14.5 Å². The summed E-state index contributed by atoms with van der Waals surface area (Å²) in [4.78, 5) is 12.3. The maximum Gasteiger partial charge on any atom is 0.227 e. The number of nitrogens with two attached hydrogens (primary N) is 1. The highest BCUT2D eigenvalue weighted by molar-refractivity contribution is 5.93. The Morgan fingerprint density at radius 2 is 2.05 bits per heavy atom. The van der Waals surface area contributed by atoms with Crippen molar-refractivity contribution in [3.05, 3.63) is 29.3 Å². The van der Waals surface area contributed by atoms with E-state index in [1.807, 2.05) is 0 Å². The quantitative estimate of drug-likeness (QED) is 0.895. The van der Waals surface area contributed by atoms with Gasteiger partial charge in [0, 0.05) is 5.92 Å². The fourth-order valence-corrected chi connectivity index (χ4v) is 2.82. The van der Waals surface area contributed by atoms with Crippen LogP contribution >= 0.6 is 0 Å². The van der Waals surface area contributed by atoms with Crippen LogP contribution in [0.2, 0.25) is 0 Å². The molecule has 1 saturated carbocycles. The van der Waals surface area contributed by atoms with E-state index in [0.29, 0.717) is 12.1 Å².